The molecule has 0 spiro atoms. The summed E-state index contributed by atoms with van der Waals surface area (Å²) >= 11 is 0. The highest BCUT2D eigenvalue weighted by Crippen LogP contribution is 2.18. The van der Waals surface area contributed by atoms with E-state index in [0.29, 0.717) is 31.7 Å². The number of carbonyl (C=O) groups is 2. The largest absolute Gasteiger partial charge is 0.394 e. The van der Waals surface area contributed by atoms with Crippen LogP contribution in [0.1, 0.15) is 21.6 Å². The number of para-hydroxylation sites is 1. The van der Waals surface area contributed by atoms with E-state index in [1.807, 2.05) is 60.7 Å². The number of piperazine rings is 1. The molecule has 1 saturated heterocycles. The summed E-state index contributed by atoms with van der Waals surface area (Å²) in [5.74, 6) is -0.345. The molecule has 160 valence electrons. The Labute approximate surface area is 179 Å². The number of carbonyl (C=O) groups excluding carboxylic acids is 2. The van der Waals surface area contributed by atoms with E-state index in [2.05, 4.69) is 10.2 Å². The number of aromatic amines is 1. The molecule has 8 nitrogen and oxygen atoms in total. The first-order valence-corrected chi connectivity index (χ1v) is 10.2. The Morgan fingerprint density at radius 3 is 2.42 bits per heavy atom. The lowest BCUT2D eigenvalue weighted by Crippen LogP contribution is -2.55. The van der Waals surface area contributed by atoms with Crippen molar-refractivity contribution < 1.29 is 14.7 Å². The van der Waals surface area contributed by atoms with E-state index in [0.717, 1.165) is 22.2 Å². The first kappa shape index (κ1) is 20.8. The number of aliphatic hydroxyl groups is 1. The van der Waals surface area contributed by atoms with E-state index >= 15 is 0 Å². The molecule has 4 N–H and O–H groups in total. The van der Waals surface area contributed by atoms with Crippen LogP contribution in [0.25, 0.3) is 23.1 Å². The maximum atomic E-state index is 12.8. The van der Waals surface area contributed by atoms with Gasteiger partial charge < -0.3 is 20.6 Å². The summed E-state index contributed by atoms with van der Waals surface area (Å²) in [6.45, 7) is 1.33. The molecular formula is C23H25N5O3. The summed E-state index contributed by atoms with van der Waals surface area (Å²) in [5.41, 5.74) is 9.03. The second kappa shape index (κ2) is 9.11. The number of hydrogen-bond donors (Lipinski definition) is 3. The third-order valence-corrected chi connectivity index (χ3v) is 5.48. The Kier molecular flexibility index (Phi) is 6.11. The fourth-order valence-corrected chi connectivity index (χ4v) is 3.65. The van der Waals surface area contributed by atoms with Crippen molar-refractivity contribution >= 4 is 34.9 Å². The fraction of sp³-hybridized carbons (Fsp3) is 0.261. The summed E-state index contributed by atoms with van der Waals surface area (Å²) in [4.78, 5) is 28.2. The zero-order valence-electron chi connectivity index (χ0n) is 17.1. The van der Waals surface area contributed by atoms with Crippen molar-refractivity contribution in [3.63, 3.8) is 0 Å². The smallest absolute Gasteiger partial charge is 0.253 e. The summed E-state index contributed by atoms with van der Waals surface area (Å²) in [7, 11) is 0. The Morgan fingerprint density at radius 2 is 1.71 bits per heavy atom. The van der Waals surface area contributed by atoms with Gasteiger partial charge in [0.1, 0.15) is 6.04 Å². The van der Waals surface area contributed by atoms with Crippen LogP contribution < -0.4 is 5.73 Å². The van der Waals surface area contributed by atoms with Gasteiger partial charge in [0, 0.05) is 37.1 Å². The molecule has 0 saturated carbocycles. The van der Waals surface area contributed by atoms with Gasteiger partial charge in [0.05, 0.1) is 17.8 Å². The Bertz CT molecular complexity index is 1100. The zero-order chi connectivity index (χ0) is 21.8. The van der Waals surface area contributed by atoms with Gasteiger partial charge in [0.15, 0.2) is 0 Å². The van der Waals surface area contributed by atoms with Crippen LogP contribution in [0.3, 0.4) is 0 Å². The summed E-state index contributed by atoms with van der Waals surface area (Å²) < 4.78 is 0. The van der Waals surface area contributed by atoms with Crippen molar-refractivity contribution in [1.29, 1.82) is 0 Å². The maximum Gasteiger partial charge on any atom is 0.253 e. The predicted molar refractivity (Wildman–Crippen MR) is 119 cm³/mol. The molecule has 0 aliphatic carbocycles. The third kappa shape index (κ3) is 4.50. The number of nitrogens with two attached hydrogens (primary N) is 1. The number of fused-ring (bicyclic) bond motifs is 1. The van der Waals surface area contributed by atoms with Crippen LogP contribution in [0.4, 0.5) is 0 Å². The standard InChI is InChI=1S/C23H25N5O3/c24-19(15-29)23(31)28-13-11-27(12-14-28)22(30)17-8-5-16(6-9-17)7-10-21-18-3-1-2-4-20(18)25-26-21/h1-10,19,29H,11-15,24H2,(H,25,26)/b10-7+. The molecule has 1 aliphatic rings. The zero-order valence-corrected chi connectivity index (χ0v) is 17.1. The number of aliphatic hydroxyl groups excluding tert-OH is 1. The van der Waals surface area contributed by atoms with Gasteiger partial charge in [-0.05, 0) is 29.8 Å². The Balaban J connectivity index is 1.37. The van der Waals surface area contributed by atoms with Crippen molar-refractivity contribution in [3.8, 4) is 0 Å². The summed E-state index contributed by atoms with van der Waals surface area (Å²) in [6, 6.07) is 14.5. The average Bonchev–Trinajstić information content (AvgIpc) is 3.25. The van der Waals surface area contributed by atoms with Gasteiger partial charge in [-0.15, -0.1) is 0 Å². The second-order valence-corrected chi connectivity index (χ2v) is 7.52. The maximum absolute atomic E-state index is 12.8. The van der Waals surface area contributed by atoms with E-state index in [-0.39, 0.29) is 18.4 Å². The molecule has 1 unspecified atom stereocenters. The molecule has 2 aromatic carbocycles. The van der Waals surface area contributed by atoms with Crippen molar-refractivity contribution in [3.05, 3.63) is 65.4 Å². The van der Waals surface area contributed by atoms with Crippen LogP contribution in [-0.4, -0.2) is 75.7 Å². The van der Waals surface area contributed by atoms with Crippen LogP contribution in [0.5, 0.6) is 0 Å². The average molecular weight is 419 g/mol. The Hall–Kier alpha value is -3.49. The number of H-pyrrole nitrogens is 1. The van der Waals surface area contributed by atoms with Crippen molar-refractivity contribution in [2.45, 2.75) is 6.04 Å². The number of nitrogens with zero attached hydrogens (tertiary/aromatic N) is 3. The lowest BCUT2D eigenvalue weighted by atomic mass is 10.1. The third-order valence-electron chi connectivity index (χ3n) is 5.48. The van der Waals surface area contributed by atoms with E-state index < -0.39 is 6.04 Å². The van der Waals surface area contributed by atoms with Gasteiger partial charge in [-0.25, -0.2) is 0 Å². The highest BCUT2D eigenvalue weighted by atomic mass is 16.3. The molecule has 4 rings (SSSR count). The van der Waals surface area contributed by atoms with Gasteiger partial charge in [0.25, 0.3) is 5.91 Å². The molecular weight excluding hydrogens is 394 g/mol. The van der Waals surface area contributed by atoms with Crippen LogP contribution in [0, 0.1) is 0 Å². The lowest BCUT2D eigenvalue weighted by molar-refractivity contribution is -0.134. The number of rotatable bonds is 5. The number of benzene rings is 2. The van der Waals surface area contributed by atoms with Crippen LogP contribution in [-0.2, 0) is 4.79 Å². The molecule has 31 heavy (non-hydrogen) atoms. The lowest BCUT2D eigenvalue weighted by Gasteiger charge is -2.35. The summed E-state index contributed by atoms with van der Waals surface area (Å²) in [6.07, 6.45) is 3.91. The molecule has 0 radical (unpaired) electrons. The van der Waals surface area contributed by atoms with Crippen molar-refractivity contribution in [2.75, 3.05) is 32.8 Å². The van der Waals surface area contributed by atoms with E-state index in [4.69, 9.17) is 10.8 Å². The monoisotopic (exact) mass is 419 g/mol. The van der Waals surface area contributed by atoms with Crippen molar-refractivity contribution in [2.24, 2.45) is 5.73 Å². The molecule has 1 aliphatic heterocycles. The fourth-order valence-electron chi connectivity index (χ4n) is 3.65. The van der Waals surface area contributed by atoms with Crippen LogP contribution in [0.15, 0.2) is 48.5 Å². The number of hydrogen-bond acceptors (Lipinski definition) is 5. The minimum Gasteiger partial charge on any atom is -0.394 e. The molecule has 8 heteroatoms. The highest BCUT2D eigenvalue weighted by Gasteiger charge is 2.27. The number of nitrogens with one attached hydrogen (secondary N) is 1. The van der Waals surface area contributed by atoms with E-state index in [9.17, 15) is 9.59 Å². The molecule has 1 aromatic heterocycles. The molecule has 2 heterocycles. The highest BCUT2D eigenvalue weighted by molar-refractivity contribution is 5.95. The second-order valence-electron chi connectivity index (χ2n) is 7.52. The van der Waals surface area contributed by atoms with Gasteiger partial charge in [0.2, 0.25) is 5.91 Å². The topological polar surface area (TPSA) is 116 Å². The van der Waals surface area contributed by atoms with Crippen LogP contribution in [0.2, 0.25) is 0 Å². The van der Waals surface area contributed by atoms with Crippen LogP contribution >= 0.6 is 0 Å². The molecule has 2 amide bonds. The first-order valence-electron chi connectivity index (χ1n) is 10.2. The Morgan fingerprint density at radius 1 is 1.03 bits per heavy atom. The molecule has 1 atom stereocenters. The van der Waals surface area contributed by atoms with Crippen molar-refractivity contribution in [1.82, 2.24) is 20.0 Å². The normalized spacial score (nSPS) is 15.5. The quantitative estimate of drug-likeness (QED) is 0.577. The molecule has 3 aromatic rings. The van der Waals surface area contributed by atoms with Gasteiger partial charge in [-0.2, -0.15) is 5.10 Å². The first-order chi connectivity index (χ1) is 15.1. The predicted octanol–water partition coefficient (Wildman–Crippen LogP) is 1.34. The summed E-state index contributed by atoms with van der Waals surface area (Å²) in [5, 5.41) is 17.4. The molecule has 1 fully saturated rings. The number of aromatic nitrogens is 2. The van der Waals surface area contributed by atoms with E-state index in [1.54, 1.807) is 9.80 Å². The minimum atomic E-state index is -0.901. The van der Waals surface area contributed by atoms with Gasteiger partial charge >= 0.3 is 0 Å². The molecule has 0 bridgehead atoms. The minimum absolute atomic E-state index is 0.0626. The SMILES string of the molecule is NC(CO)C(=O)N1CCN(C(=O)c2ccc(/C=C/c3n[nH]c4ccccc34)cc2)CC1. The van der Waals surface area contributed by atoms with E-state index in [1.165, 1.54) is 0 Å². The van der Waals surface area contributed by atoms with Gasteiger partial charge in [-0.3, -0.25) is 14.7 Å². The van der Waals surface area contributed by atoms with Gasteiger partial charge in [-0.1, -0.05) is 36.4 Å². The number of amides is 2.